The Labute approximate surface area is 136 Å². The highest BCUT2D eigenvalue weighted by molar-refractivity contribution is 5.66. The molecular weight excluding hydrogens is 325 g/mol. The van der Waals surface area contributed by atoms with Gasteiger partial charge in [-0.05, 0) is 35.9 Å². The number of hydrogen-bond acceptors (Lipinski definition) is 4. The summed E-state index contributed by atoms with van der Waals surface area (Å²) in [5.41, 5.74) is 1.94. The Morgan fingerprint density at radius 1 is 1.08 bits per heavy atom. The van der Waals surface area contributed by atoms with Gasteiger partial charge in [-0.25, -0.2) is 10.6 Å². The minimum Gasteiger partial charge on any atom is -0.457 e. The van der Waals surface area contributed by atoms with E-state index in [-0.39, 0.29) is 12.4 Å². The number of carbonyl (C=O) groups is 1. The number of alkyl halides is 3. The summed E-state index contributed by atoms with van der Waals surface area (Å²) in [5, 5.41) is 0. The van der Waals surface area contributed by atoms with Gasteiger partial charge in [-0.15, -0.1) is 0 Å². The topological polar surface area (TPSA) is 73.6 Å². The predicted octanol–water partition coefficient (Wildman–Crippen LogP) is 3.64. The molecule has 2 aromatic carbocycles. The number of rotatable bonds is 5. The number of nitrogens with two attached hydrogens (primary N) is 1. The number of ether oxygens (including phenoxy) is 2. The van der Waals surface area contributed by atoms with Crippen LogP contribution in [0.5, 0.6) is 11.5 Å². The van der Waals surface area contributed by atoms with Gasteiger partial charge in [0, 0.05) is 6.42 Å². The number of benzene rings is 2. The predicted molar refractivity (Wildman–Crippen MR) is 80.3 cm³/mol. The molecule has 8 heteroatoms. The number of amides is 1. The van der Waals surface area contributed by atoms with Crippen LogP contribution in [0.1, 0.15) is 11.1 Å². The molecule has 0 atom stereocenters. The number of hydrogen-bond donors (Lipinski definition) is 2. The Bertz CT molecular complexity index is 688. The third-order valence-electron chi connectivity index (χ3n) is 3.06. The highest BCUT2D eigenvalue weighted by Crippen LogP contribution is 2.32. The molecule has 0 heterocycles. The van der Waals surface area contributed by atoms with E-state index >= 15 is 0 Å². The maximum absolute atomic E-state index is 12.7. The first-order chi connectivity index (χ1) is 11.4. The zero-order valence-electron chi connectivity index (χ0n) is 12.5. The van der Waals surface area contributed by atoms with Crippen molar-refractivity contribution in [3.05, 3.63) is 59.7 Å². The third-order valence-corrected chi connectivity index (χ3v) is 3.06. The van der Waals surface area contributed by atoms with Crippen LogP contribution in [0.15, 0.2) is 48.5 Å². The molecule has 3 N–H and O–H groups in total. The molecule has 0 aliphatic heterocycles. The van der Waals surface area contributed by atoms with E-state index < -0.39 is 17.8 Å². The molecule has 24 heavy (non-hydrogen) atoms. The molecule has 0 fully saturated rings. The Morgan fingerprint density at radius 3 is 2.42 bits per heavy atom. The molecule has 0 spiro atoms. The lowest BCUT2D eigenvalue weighted by Gasteiger charge is -2.10. The van der Waals surface area contributed by atoms with E-state index in [2.05, 4.69) is 0 Å². The van der Waals surface area contributed by atoms with Gasteiger partial charge < -0.3 is 9.47 Å². The number of nitrogens with one attached hydrogen (secondary N) is 1. The van der Waals surface area contributed by atoms with Crippen molar-refractivity contribution < 1.29 is 27.4 Å². The van der Waals surface area contributed by atoms with Gasteiger partial charge in [0.15, 0.2) is 0 Å². The zero-order chi connectivity index (χ0) is 17.6. The molecular formula is C16H15F3N2O3. The number of hydrazine groups is 1. The van der Waals surface area contributed by atoms with Crippen LogP contribution in [0.25, 0.3) is 0 Å². The van der Waals surface area contributed by atoms with E-state index in [1.54, 1.807) is 24.3 Å². The molecule has 0 bridgehead atoms. The van der Waals surface area contributed by atoms with Gasteiger partial charge in [0.1, 0.15) is 11.5 Å². The lowest BCUT2D eigenvalue weighted by atomic mass is 10.1. The molecule has 0 radical (unpaired) electrons. The fraction of sp³-hybridized carbons (Fsp3) is 0.188. The van der Waals surface area contributed by atoms with Crippen molar-refractivity contribution in [1.29, 1.82) is 0 Å². The molecule has 0 aliphatic carbocycles. The van der Waals surface area contributed by atoms with Crippen molar-refractivity contribution in [3.8, 4) is 11.5 Å². The first kappa shape index (κ1) is 17.6. The molecule has 0 saturated carbocycles. The van der Waals surface area contributed by atoms with E-state index in [1.165, 1.54) is 12.1 Å². The lowest BCUT2D eigenvalue weighted by molar-refractivity contribution is -0.137. The monoisotopic (exact) mass is 340 g/mol. The van der Waals surface area contributed by atoms with Crippen molar-refractivity contribution in [2.75, 3.05) is 6.61 Å². The quantitative estimate of drug-likeness (QED) is 0.495. The summed E-state index contributed by atoms with van der Waals surface area (Å²) in [6.45, 7) is 0.150. The minimum absolute atomic E-state index is 0.0977. The van der Waals surface area contributed by atoms with Gasteiger partial charge in [-0.2, -0.15) is 13.2 Å². The van der Waals surface area contributed by atoms with Crippen molar-refractivity contribution >= 4 is 6.09 Å². The Morgan fingerprint density at radius 2 is 1.79 bits per heavy atom. The second-order valence-corrected chi connectivity index (χ2v) is 4.80. The molecule has 1 amide bonds. The first-order valence-corrected chi connectivity index (χ1v) is 6.96. The second-order valence-electron chi connectivity index (χ2n) is 4.80. The largest absolute Gasteiger partial charge is 0.457 e. The van der Waals surface area contributed by atoms with E-state index in [9.17, 15) is 18.0 Å². The van der Waals surface area contributed by atoms with Crippen LogP contribution < -0.4 is 16.0 Å². The molecule has 2 rings (SSSR count). The van der Waals surface area contributed by atoms with Crippen LogP contribution in [0.3, 0.4) is 0 Å². The molecule has 2 aromatic rings. The molecule has 128 valence electrons. The summed E-state index contributed by atoms with van der Waals surface area (Å²) in [6.07, 6.45) is -4.67. The van der Waals surface area contributed by atoms with Crippen LogP contribution in [0, 0.1) is 0 Å². The summed E-state index contributed by atoms with van der Waals surface area (Å²) in [5.74, 6) is 5.37. The Hall–Kier alpha value is -2.74. The van der Waals surface area contributed by atoms with Crippen LogP contribution in [0.4, 0.5) is 18.0 Å². The number of halogens is 3. The first-order valence-electron chi connectivity index (χ1n) is 6.96. The van der Waals surface area contributed by atoms with Crippen molar-refractivity contribution in [3.63, 3.8) is 0 Å². The summed E-state index contributed by atoms with van der Waals surface area (Å²) in [6, 6.07) is 11.4. The van der Waals surface area contributed by atoms with Crippen LogP contribution in [-0.2, 0) is 17.3 Å². The maximum Gasteiger partial charge on any atom is 0.421 e. The van der Waals surface area contributed by atoms with E-state index in [0.29, 0.717) is 12.2 Å². The van der Waals surface area contributed by atoms with E-state index in [1.807, 2.05) is 5.43 Å². The van der Waals surface area contributed by atoms with E-state index in [0.717, 1.165) is 17.7 Å². The van der Waals surface area contributed by atoms with Gasteiger partial charge in [0.05, 0.1) is 12.2 Å². The average molecular weight is 340 g/mol. The van der Waals surface area contributed by atoms with Crippen molar-refractivity contribution in [2.45, 2.75) is 12.6 Å². The average Bonchev–Trinajstić information content (AvgIpc) is 2.56. The molecule has 0 saturated heterocycles. The van der Waals surface area contributed by atoms with Gasteiger partial charge in [0.2, 0.25) is 0 Å². The van der Waals surface area contributed by atoms with Crippen LogP contribution >= 0.6 is 0 Å². The molecule has 0 aromatic heterocycles. The third kappa shape index (κ3) is 5.17. The fourth-order valence-corrected chi connectivity index (χ4v) is 1.90. The van der Waals surface area contributed by atoms with Gasteiger partial charge in [0.25, 0.3) is 0 Å². The zero-order valence-corrected chi connectivity index (χ0v) is 12.5. The normalized spacial score (nSPS) is 11.0. The molecule has 5 nitrogen and oxygen atoms in total. The SMILES string of the molecule is NNC(=O)OCCc1ccc(Oc2cccc(C(F)(F)F)c2)cc1. The summed E-state index contributed by atoms with van der Waals surface area (Å²) in [7, 11) is 0. The highest BCUT2D eigenvalue weighted by Gasteiger charge is 2.30. The second kappa shape index (κ2) is 7.69. The van der Waals surface area contributed by atoms with E-state index in [4.69, 9.17) is 15.3 Å². The lowest BCUT2D eigenvalue weighted by Crippen LogP contribution is -2.31. The fourth-order valence-electron chi connectivity index (χ4n) is 1.90. The Balaban J connectivity index is 1.95. The maximum atomic E-state index is 12.7. The summed E-state index contributed by atoms with van der Waals surface area (Å²) >= 11 is 0. The van der Waals surface area contributed by atoms with Gasteiger partial charge >= 0.3 is 12.3 Å². The Kier molecular flexibility index (Phi) is 5.64. The standard InChI is InChI=1S/C16H15F3N2O3/c17-16(18,19)12-2-1-3-14(10-12)24-13-6-4-11(5-7-13)8-9-23-15(22)21-20/h1-7,10H,8-9,20H2,(H,21,22). The molecule has 0 unspecified atom stereocenters. The van der Waals surface area contributed by atoms with Crippen LogP contribution in [-0.4, -0.2) is 12.7 Å². The highest BCUT2D eigenvalue weighted by atomic mass is 19.4. The number of carbonyl (C=O) groups excluding carboxylic acids is 1. The van der Waals surface area contributed by atoms with Crippen molar-refractivity contribution in [1.82, 2.24) is 5.43 Å². The minimum atomic E-state index is -4.42. The van der Waals surface area contributed by atoms with Crippen molar-refractivity contribution in [2.24, 2.45) is 5.84 Å². The summed E-state index contributed by atoms with van der Waals surface area (Å²) < 4.78 is 48.1. The van der Waals surface area contributed by atoms with Gasteiger partial charge in [-0.1, -0.05) is 18.2 Å². The molecule has 0 aliphatic rings. The smallest absolute Gasteiger partial charge is 0.421 e. The van der Waals surface area contributed by atoms with Gasteiger partial charge in [-0.3, -0.25) is 5.43 Å². The van der Waals surface area contributed by atoms with Crippen LogP contribution in [0.2, 0.25) is 0 Å². The summed E-state index contributed by atoms with van der Waals surface area (Å²) in [4.78, 5) is 10.8.